The Morgan fingerprint density at radius 1 is 0.889 bits per heavy atom. The summed E-state index contributed by atoms with van der Waals surface area (Å²) in [5, 5.41) is 2.24. The van der Waals surface area contributed by atoms with Gasteiger partial charge in [-0.2, -0.15) is 4.99 Å². The fourth-order valence-electron chi connectivity index (χ4n) is 3.61. The molecule has 0 saturated carbocycles. The van der Waals surface area contributed by atoms with E-state index < -0.39 is 5.91 Å². The zero-order valence-corrected chi connectivity index (χ0v) is 15.0. The average molecular weight is 356 g/mol. The van der Waals surface area contributed by atoms with Gasteiger partial charge in [0.2, 0.25) is 0 Å². The number of hydrogen-bond acceptors (Lipinski definition) is 1. The van der Waals surface area contributed by atoms with Crippen molar-refractivity contribution in [3.05, 3.63) is 83.9 Å². The third kappa shape index (κ3) is 2.93. The molecule has 3 aromatic carbocycles. The van der Waals surface area contributed by atoms with E-state index >= 15 is 0 Å². The molecule has 0 bridgehead atoms. The molecule has 1 amide bonds. The first kappa shape index (κ1) is 16.8. The lowest BCUT2D eigenvalue weighted by Crippen LogP contribution is -2.24. The number of hydrogen-bond donors (Lipinski definition) is 2. The average Bonchev–Trinajstić information content (AvgIpc) is 3.01. The molecule has 4 aromatic rings. The van der Waals surface area contributed by atoms with Gasteiger partial charge in [-0.25, -0.2) is 0 Å². The first-order valence-corrected chi connectivity index (χ1v) is 8.78. The minimum absolute atomic E-state index is 0.0991. The predicted octanol–water partition coefficient (Wildman–Crippen LogP) is 3.82. The summed E-state index contributed by atoms with van der Waals surface area (Å²) in [6.45, 7) is 2.16. The number of nitrogens with two attached hydrogens (primary N) is 2. The van der Waals surface area contributed by atoms with Crippen LogP contribution in [-0.4, -0.2) is 16.4 Å². The monoisotopic (exact) mass is 356 g/mol. The highest BCUT2D eigenvalue weighted by atomic mass is 16.1. The second-order valence-corrected chi connectivity index (χ2v) is 6.55. The van der Waals surface area contributed by atoms with E-state index in [4.69, 9.17) is 11.5 Å². The van der Waals surface area contributed by atoms with Crippen molar-refractivity contribution < 1.29 is 4.79 Å². The smallest absolute Gasteiger partial charge is 0.280 e. The van der Waals surface area contributed by atoms with E-state index in [1.54, 1.807) is 6.07 Å². The lowest BCUT2D eigenvalue weighted by Gasteiger charge is -2.17. The lowest BCUT2D eigenvalue weighted by molar-refractivity contribution is 0.100. The van der Waals surface area contributed by atoms with Gasteiger partial charge in [0.1, 0.15) is 0 Å². The number of benzene rings is 3. The molecule has 134 valence electrons. The zero-order valence-electron chi connectivity index (χ0n) is 15.0. The van der Waals surface area contributed by atoms with Crippen LogP contribution in [0.3, 0.4) is 0 Å². The highest BCUT2D eigenvalue weighted by Crippen LogP contribution is 2.34. The third-order valence-corrected chi connectivity index (χ3v) is 4.86. The summed E-state index contributed by atoms with van der Waals surface area (Å²) in [7, 11) is 0. The van der Waals surface area contributed by atoms with Crippen LogP contribution in [0.1, 0.15) is 28.9 Å². The molecular weight excluding hydrogens is 336 g/mol. The van der Waals surface area contributed by atoms with Crippen molar-refractivity contribution in [2.24, 2.45) is 16.5 Å². The van der Waals surface area contributed by atoms with E-state index in [2.05, 4.69) is 40.7 Å². The topological polar surface area (TPSA) is 86.4 Å². The Morgan fingerprint density at radius 3 is 2.30 bits per heavy atom. The number of carbonyl (C=O) groups excluding carboxylic acids is 1. The summed E-state index contributed by atoms with van der Waals surface area (Å²) in [5.74, 6) is -0.681. The van der Waals surface area contributed by atoms with Crippen LogP contribution in [0.15, 0.2) is 77.8 Å². The van der Waals surface area contributed by atoms with Crippen molar-refractivity contribution in [2.45, 2.75) is 13.0 Å². The molecule has 1 aromatic heterocycles. The van der Waals surface area contributed by atoms with Gasteiger partial charge in [-0.05, 0) is 30.7 Å². The van der Waals surface area contributed by atoms with Gasteiger partial charge in [-0.3, -0.25) is 4.79 Å². The molecule has 0 saturated heterocycles. The first-order chi connectivity index (χ1) is 13.1. The minimum atomic E-state index is -0.443. The van der Waals surface area contributed by atoms with E-state index in [-0.39, 0.29) is 12.0 Å². The summed E-state index contributed by atoms with van der Waals surface area (Å²) in [6, 6.07) is 24.2. The molecule has 0 aliphatic heterocycles. The van der Waals surface area contributed by atoms with E-state index in [1.165, 1.54) is 5.56 Å². The molecule has 5 nitrogen and oxygen atoms in total. The molecule has 1 heterocycles. The quantitative estimate of drug-likeness (QED) is 0.432. The van der Waals surface area contributed by atoms with Crippen molar-refractivity contribution in [2.75, 3.05) is 0 Å². The molecule has 0 spiro atoms. The van der Waals surface area contributed by atoms with E-state index in [9.17, 15) is 4.79 Å². The van der Waals surface area contributed by atoms with Crippen LogP contribution in [0, 0.1) is 0 Å². The van der Waals surface area contributed by atoms with Crippen LogP contribution < -0.4 is 11.5 Å². The number of aliphatic imine (C=N–C) groups is 1. The normalized spacial score (nSPS) is 12.2. The van der Waals surface area contributed by atoms with Crippen molar-refractivity contribution in [1.29, 1.82) is 0 Å². The molecule has 4 rings (SSSR count). The maximum absolute atomic E-state index is 12.3. The van der Waals surface area contributed by atoms with Crippen LogP contribution in [0.5, 0.6) is 0 Å². The third-order valence-electron chi connectivity index (χ3n) is 4.86. The molecule has 5 heteroatoms. The summed E-state index contributed by atoms with van der Waals surface area (Å²) in [6.07, 6.45) is 0. The number of rotatable bonds is 3. The number of guanidine groups is 1. The Hall–Kier alpha value is -3.60. The molecule has 0 aliphatic carbocycles. The van der Waals surface area contributed by atoms with Crippen molar-refractivity contribution in [3.63, 3.8) is 0 Å². The molecule has 0 aliphatic rings. The summed E-state index contributed by atoms with van der Waals surface area (Å²) < 4.78 is 2.26. The highest BCUT2D eigenvalue weighted by molar-refractivity contribution is 6.11. The van der Waals surface area contributed by atoms with Crippen molar-refractivity contribution in [1.82, 2.24) is 4.57 Å². The summed E-state index contributed by atoms with van der Waals surface area (Å²) in [4.78, 5) is 16.0. The molecule has 1 unspecified atom stereocenters. The van der Waals surface area contributed by atoms with Gasteiger partial charge in [0, 0.05) is 21.9 Å². The maximum Gasteiger partial charge on any atom is 0.280 e. The number of aromatic nitrogens is 1. The van der Waals surface area contributed by atoms with Crippen molar-refractivity contribution in [3.8, 4) is 0 Å². The Labute approximate surface area is 156 Å². The molecule has 0 fully saturated rings. The van der Waals surface area contributed by atoms with Gasteiger partial charge < -0.3 is 16.0 Å². The fraction of sp³-hybridized carbons (Fsp3) is 0.0909. The van der Waals surface area contributed by atoms with Crippen molar-refractivity contribution >= 4 is 33.7 Å². The van der Waals surface area contributed by atoms with Gasteiger partial charge in [-0.1, -0.05) is 54.6 Å². The Balaban J connectivity index is 1.99. The number of para-hydroxylation sites is 1. The lowest BCUT2D eigenvalue weighted by atomic mass is 10.1. The zero-order chi connectivity index (χ0) is 19.0. The summed E-state index contributed by atoms with van der Waals surface area (Å²) in [5.41, 5.74) is 14.5. The molecule has 1 atom stereocenters. The Bertz CT molecular complexity index is 1170. The SMILES string of the molecule is CC(c1ccccc1)n1c2ccccc2c2ccc(C(=O)N=C(N)N)cc21. The second kappa shape index (κ2) is 6.61. The Kier molecular flexibility index (Phi) is 4.12. The number of nitrogens with zero attached hydrogens (tertiary/aromatic N) is 2. The van der Waals surface area contributed by atoms with Crippen LogP contribution in [0.4, 0.5) is 0 Å². The summed E-state index contributed by atoms with van der Waals surface area (Å²) >= 11 is 0. The molecular formula is C22H20N4O. The largest absolute Gasteiger partial charge is 0.370 e. The number of carbonyl (C=O) groups is 1. The van der Waals surface area contributed by atoms with E-state index in [0.29, 0.717) is 5.56 Å². The molecule has 27 heavy (non-hydrogen) atoms. The van der Waals surface area contributed by atoms with Gasteiger partial charge >= 0.3 is 0 Å². The van der Waals surface area contributed by atoms with E-state index in [1.807, 2.05) is 42.5 Å². The Morgan fingerprint density at radius 2 is 1.56 bits per heavy atom. The number of amides is 1. The van der Waals surface area contributed by atoms with Crippen LogP contribution >= 0.6 is 0 Å². The van der Waals surface area contributed by atoms with Gasteiger partial charge in [0.25, 0.3) is 5.91 Å². The van der Waals surface area contributed by atoms with Gasteiger partial charge in [-0.15, -0.1) is 0 Å². The molecule has 4 N–H and O–H groups in total. The van der Waals surface area contributed by atoms with Gasteiger partial charge in [0.15, 0.2) is 5.96 Å². The van der Waals surface area contributed by atoms with Crippen LogP contribution in [0.25, 0.3) is 21.8 Å². The molecule has 0 radical (unpaired) electrons. The maximum atomic E-state index is 12.3. The highest BCUT2D eigenvalue weighted by Gasteiger charge is 2.17. The van der Waals surface area contributed by atoms with Crippen LogP contribution in [-0.2, 0) is 0 Å². The van der Waals surface area contributed by atoms with Crippen LogP contribution in [0.2, 0.25) is 0 Å². The standard InChI is InChI=1S/C22H20N4O/c1-14(15-7-3-2-4-8-15)26-19-10-6-5-9-17(19)18-12-11-16(13-20(18)26)21(27)25-22(23)24/h2-14H,1H3,(H4,23,24,25,27). The predicted molar refractivity (Wildman–Crippen MR) is 110 cm³/mol. The first-order valence-electron chi connectivity index (χ1n) is 8.78. The minimum Gasteiger partial charge on any atom is -0.370 e. The second-order valence-electron chi connectivity index (χ2n) is 6.55. The van der Waals surface area contributed by atoms with E-state index in [0.717, 1.165) is 21.8 Å². The number of fused-ring (bicyclic) bond motifs is 3. The fourth-order valence-corrected chi connectivity index (χ4v) is 3.61. The van der Waals surface area contributed by atoms with Gasteiger partial charge in [0.05, 0.1) is 11.6 Å².